The van der Waals surface area contributed by atoms with Crippen LogP contribution in [0.4, 0.5) is 20.2 Å². The Morgan fingerprint density at radius 1 is 1.00 bits per heavy atom. The van der Waals surface area contributed by atoms with Gasteiger partial charge >= 0.3 is 0 Å². The van der Waals surface area contributed by atoms with Gasteiger partial charge in [-0.2, -0.15) is 0 Å². The summed E-state index contributed by atoms with van der Waals surface area (Å²) in [6.45, 7) is 0.493. The zero-order valence-corrected chi connectivity index (χ0v) is 13.9. The van der Waals surface area contributed by atoms with E-state index in [0.29, 0.717) is 17.8 Å². The quantitative estimate of drug-likeness (QED) is 0.702. The van der Waals surface area contributed by atoms with Crippen molar-refractivity contribution >= 4 is 17.3 Å². The Bertz CT molecular complexity index is 901. The molecule has 2 aromatic carbocycles. The van der Waals surface area contributed by atoms with E-state index in [0.717, 1.165) is 24.1 Å². The van der Waals surface area contributed by atoms with Crippen LogP contribution in [0.3, 0.4) is 0 Å². The number of nitrogens with zero attached hydrogens (tertiary/aromatic N) is 1. The number of anilines is 2. The SMILES string of the molecule is O=C(NCCc1ccccc1)c1cncc(Nc2ccc(F)cc2F)c1. The fraction of sp³-hybridized carbons (Fsp3) is 0.100. The Balaban J connectivity index is 1.62. The summed E-state index contributed by atoms with van der Waals surface area (Å²) in [4.78, 5) is 16.2. The molecule has 0 radical (unpaired) electrons. The molecule has 1 aromatic heterocycles. The second-order valence-corrected chi connectivity index (χ2v) is 5.70. The lowest BCUT2D eigenvalue weighted by molar-refractivity contribution is 0.0954. The minimum atomic E-state index is -0.720. The van der Waals surface area contributed by atoms with Crippen LogP contribution >= 0.6 is 0 Å². The van der Waals surface area contributed by atoms with Crippen molar-refractivity contribution in [3.63, 3.8) is 0 Å². The Morgan fingerprint density at radius 3 is 2.58 bits per heavy atom. The molecular formula is C20H17F2N3O. The first-order valence-electron chi connectivity index (χ1n) is 8.11. The Hall–Kier alpha value is -3.28. The van der Waals surface area contributed by atoms with E-state index in [2.05, 4.69) is 15.6 Å². The molecule has 0 atom stereocenters. The van der Waals surface area contributed by atoms with E-state index in [4.69, 9.17) is 0 Å². The van der Waals surface area contributed by atoms with Crippen LogP contribution in [0.5, 0.6) is 0 Å². The summed E-state index contributed by atoms with van der Waals surface area (Å²) in [6, 6.07) is 14.6. The number of aromatic nitrogens is 1. The van der Waals surface area contributed by atoms with Crippen LogP contribution in [0.25, 0.3) is 0 Å². The van der Waals surface area contributed by atoms with Gasteiger partial charge in [0.2, 0.25) is 0 Å². The normalized spacial score (nSPS) is 10.4. The number of amides is 1. The number of pyridine rings is 1. The van der Waals surface area contributed by atoms with Crippen LogP contribution in [0.15, 0.2) is 67.0 Å². The van der Waals surface area contributed by atoms with Gasteiger partial charge in [-0.15, -0.1) is 0 Å². The summed E-state index contributed by atoms with van der Waals surface area (Å²) in [6.07, 6.45) is 3.62. The van der Waals surface area contributed by atoms with Crippen molar-refractivity contribution in [3.05, 3.63) is 89.8 Å². The average molecular weight is 353 g/mol. The number of carbonyl (C=O) groups excluding carboxylic acids is 1. The zero-order chi connectivity index (χ0) is 18.4. The van der Waals surface area contributed by atoms with Crippen LogP contribution in [0.1, 0.15) is 15.9 Å². The zero-order valence-electron chi connectivity index (χ0n) is 13.9. The average Bonchev–Trinajstić information content (AvgIpc) is 2.65. The summed E-state index contributed by atoms with van der Waals surface area (Å²) in [7, 11) is 0. The van der Waals surface area contributed by atoms with Gasteiger partial charge in [-0.3, -0.25) is 9.78 Å². The van der Waals surface area contributed by atoms with E-state index < -0.39 is 11.6 Å². The highest BCUT2D eigenvalue weighted by atomic mass is 19.1. The van der Waals surface area contributed by atoms with Gasteiger partial charge in [0, 0.05) is 18.8 Å². The third-order valence-corrected chi connectivity index (χ3v) is 3.75. The molecule has 4 nitrogen and oxygen atoms in total. The van der Waals surface area contributed by atoms with E-state index >= 15 is 0 Å². The molecule has 0 aliphatic carbocycles. The van der Waals surface area contributed by atoms with E-state index in [1.807, 2.05) is 30.3 Å². The number of hydrogen-bond acceptors (Lipinski definition) is 3. The summed E-state index contributed by atoms with van der Waals surface area (Å²) in [5.41, 5.74) is 2.03. The molecule has 0 saturated heterocycles. The van der Waals surface area contributed by atoms with Gasteiger partial charge in [0.25, 0.3) is 5.91 Å². The summed E-state index contributed by atoms with van der Waals surface area (Å²) < 4.78 is 26.7. The Labute approximate surface area is 149 Å². The number of rotatable bonds is 6. The number of carbonyl (C=O) groups is 1. The highest BCUT2D eigenvalue weighted by Crippen LogP contribution is 2.20. The van der Waals surface area contributed by atoms with Crippen LogP contribution in [0.2, 0.25) is 0 Å². The first-order chi connectivity index (χ1) is 12.6. The molecule has 0 aliphatic heterocycles. The second kappa shape index (κ2) is 8.20. The van der Waals surface area contributed by atoms with Crippen molar-refractivity contribution in [3.8, 4) is 0 Å². The van der Waals surface area contributed by atoms with Crippen molar-refractivity contribution in [2.24, 2.45) is 0 Å². The van der Waals surface area contributed by atoms with Crippen molar-refractivity contribution in [1.29, 1.82) is 0 Å². The molecule has 0 bridgehead atoms. The predicted molar refractivity (Wildman–Crippen MR) is 96.4 cm³/mol. The molecule has 1 amide bonds. The molecule has 0 unspecified atom stereocenters. The first kappa shape index (κ1) is 17.5. The minimum Gasteiger partial charge on any atom is -0.352 e. The number of benzene rings is 2. The van der Waals surface area contributed by atoms with Gasteiger partial charge in [-0.25, -0.2) is 8.78 Å². The van der Waals surface area contributed by atoms with E-state index in [1.54, 1.807) is 6.07 Å². The summed E-state index contributed by atoms with van der Waals surface area (Å²) in [5, 5.41) is 5.62. The summed E-state index contributed by atoms with van der Waals surface area (Å²) >= 11 is 0. The van der Waals surface area contributed by atoms with Gasteiger partial charge < -0.3 is 10.6 Å². The molecular weight excluding hydrogens is 336 g/mol. The standard InChI is InChI=1S/C20H17F2N3O/c21-16-6-7-19(18(22)11-16)25-17-10-15(12-23-13-17)20(26)24-9-8-14-4-2-1-3-5-14/h1-7,10-13,25H,8-9H2,(H,24,26). The number of halogens is 2. The Morgan fingerprint density at radius 2 is 1.81 bits per heavy atom. The van der Waals surface area contributed by atoms with E-state index in [9.17, 15) is 13.6 Å². The maximum Gasteiger partial charge on any atom is 0.252 e. The van der Waals surface area contributed by atoms with Gasteiger partial charge in [-0.1, -0.05) is 30.3 Å². The van der Waals surface area contributed by atoms with Gasteiger partial charge in [-0.05, 0) is 30.2 Å². The molecule has 2 N–H and O–H groups in total. The van der Waals surface area contributed by atoms with Gasteiger partial charge in [0.15, 0.2) is 0 Å². The fourth-order valence-electron chi connectivity index (χ4n) is 2.45. The maximum atomic E-state index is 13.7. The Kier molecular flexibility index (Phi) is 5.53. The molecule has 1 heterocycles. The van der Waals surface area contributed by atoms with Crippen molar-refractivity contribution in [2.75, 3.05) is 11.9 Å². The van der Waals surface area contributed by atoms with Crippen molar-refractivity contribution in [2.45, 2.75) is 6.42 Å². The highest BCUT2D eigenvalue weighted by Gasteiger charge is 2.09. The predicted octanol–water partition coefficient (Wildman–Crippen LogP) is 4.08. The van der Waals surface area contributed by atoms with Crippen LogP contribution in [0, 0.1) is 11.6 Å². The molecule has 0 saturated carbocycles. The van der Waals surface area contributed by atoms with Crippen molar-refractivity contribution in [1.82, 2.24) is 10.3 Å². The lowest BCUT2D eigenvalue weighted by atomic mass is 10.1. The molecule has 0 aliphatic rings. The maximum absolute atomic E-state index is 13.7. The molecule has 3 aromatic rings. The monoisotopic (exact) mass is 353 g/mol. The van der Waals surface area contributed by atoms with Crippen LogP contribution in [-0.4, -0.2) is 17.4 Å². The molecule has 132 valence electrons. The van der Waals surface area contributed by atoms with E-state index in [1.165, 1.54) is 18.5 Å². The smallest absolute Gasteiger partial charge is 0.252 e. The van der Waals surface area contributed by atoms with E-state index in [-0.39, 0.29) is 11.6 Å². The lowest BCUT2D eigenvalue weighted by Crippen LogP contribution is -2.25. The fourth-order valence-corrected chi connectivity index (χ4v) is 2.45. The third-order valence-electron chi connectivity index (χ3n) is 3.75. The highest BCUT2D eigenvalue weighted by molar-refractivity contribution is 5.94. The van der Waals surface area contributed by atoms with Gasteiger partial charge in [0.05, 0.1) is 23.1 Å². The number of nitrogens with one attached hydrogen (secondary N) is 2. The van der Waals surface area contributed by atoms with Gasteiger partial charge in [0.1, 0.15) is 11.6 Å². The topological polar surface area (TPSA) is 54.0 Å². The summed E-state index contributed by atoms with van der Waals surface area (Å²) in [5.74, 6) is -1.64. The molecule has 26 heavy (non-hydrogen) atoms. The largest absolute Gasteiger partial charge is 0.352 e. The minimum absolute atomic E-state index is 0.106. The first-order valence-corrected chi connectivity index (χ1v) is 8.11. The molecule has 3 rings (SSSR count). The molecule has 0 spiro atoms. The van der Waals surface area contributed by atoms with Crippen LogP contribution < -0.4 is 10.6 Å². The van der Waals surface area contributed by atoms with Crippen LogP contribution in [-0.2, 0) is 6.42 Å². The molecule has 0 fully saturated rings. The second-order valence-electron chi connectivity index (χ2n) is 5.70. The molecule has 6 heteroatoms. The van der Waals surface area contributed by atoms with Crippen molar-refractivity contribution < 1.29 is 13.6 Å². The third kappa shape index (κ3) is 4.63. The number of hydrogen-bond donors (Lipinski definition) is 2. The lowest BCUT2D eigenvalue weighted by Gasteiger charge is -2.09.